The Morgan fingerprint density at radius 1 is 1.33 bits per heavy atom. The molecule has 1 aromatic heterocycles. The summed E-state index contributed by atoms with van der Waals surface area (Å²) in [7, 11) is 0. The largest absolute Gasteiger partial charge is 0.416 e. The third-order valence-electron chi connectivity index (χ3n) is 4.32. The molecule has 8 heteroatoms. The zero-order chi connectivity index (χ0) is 17.3. The minimum atomic E-state index is -4.37. The van der Waals surface area contributed by atoms with E-state index in [0.29, 0.717) is 31.6 Å². The molecule has 0 unspecified atom stereocenters. The molecule has 0 aliphatic carbocycles. The van der Waals surface area contributed by atoms with Crippen molar-refractivity contribution in [3.8, 4) is 0 Å². The maximum atomic E-state index is 12.9. The molecule has 2 aromatic rings. The van der Waals surface area contributed by atoms with Crippen LogP contribution in [0.4, 0.5) is 13.2 Å². The van der Waals surface area contributed by atoms with E-state index < -0.39 is 17.8 Å². The number of halogens is 3. The van der Waals surface area contributed by atoms with Gasteiger partial charge in [-0.25, -0.2) is 9.67 Å². The quantitative estimate of drug-likeness (QED) is 0.930. The first-order chi connectivity index (χ1) is 11.4. The van der Waals surface area contributed by atoms with Gasteiger partial charge in [0.1, 0.15) is 12.2 Å². The Morgan fingerprint density at radius 3 is 2.83 bits per heavy atom. The predicted molar refractivity (Wildman–Crippen MR) is 80.9 cm³/mol. The molecular weight excluding hydrogens is 321 g/mol. The monoisotopic (exact) mass is 340 g/mol. The summed E-state index contributed by atoms with van der Waals surface area (Å²) in [6.45, 7) is 3.45. The summed E-state index contributed by atoms with van der Waals surface area (Å²) in [5.41, 5.74) is -0.109. The number of aromatic nitrogens is 3. The molecule has 5 nitrogen and oxygen atoms in total. The van der Waals surface area contributed by atoms with E-state index in [9.17, 15) is 18.3 Å². The number of aliphatic hydroxyl groups excluding tert-OH is 1. The van der Waals surface area contributed by atoms with Crippen LogP contribution < -0.4 is 0 Å². The van der Waals surface area contributed by atoms with E-state index in [1.54, 1.807) is 10.7 Å². The molecule has 2 atom stereocenters. The molecule has 0 bridgehead atoms. The second kappa shape index (κ2) is 6.52. The molecule has 0 radical (unpaired) electrons. The average Bonchev–Trinajstić information content (AvgIpc) is 3.13. The van der Waals surface area contributed by atoms with Crippen LogP contribution in [0.3, 0.4) is 0 Å². The Hall–Kier alpha value is -1.93. The molecule has 0 spiro atoms. The lowest BCUT2D eigenvalue weighted by Gasteiger charge is -2.24. The molecular formula is C16H19F3N4O. The van der Waals surface area contributed by atoms with Crippen LogP contribution in [0.1, 0.15) is 36.3 Å². The van der Waals surface area contributed by atoms with Crippen molar-refractivity contribution in [1.29, 1.82) is 0 Å². The third kappa shape index (κ3) is 3.44. The highest BCUT2D eigenvalue weighted by Crippen LogP contribution is 2.36. The van der Waals surface area contributed by atoms with E-state index in [2.05, 4.69) is 10.1 Å². The number of likely N-dealkylation sites (tertiary alicyclic amines) is 1. The number of aryl methyl sites for hydroxylation is 1. The lowest BCUT2D eigenvalue weighted by Crippen LogP contribution is -2.26. The van der Waals surface area contributed by atoms with Crippen LogP contribution >= 0.6 is 0 Å². The van der Waals surface area contributed by atoms with E-state index >= 15 is 0 Å². The average molecular weight is 340 g/mol. The Morgan fingerprint density at radius 2 is 2.12 bits per heavy atom. The van der Waals surface area contributed by atoms with Gasteiger partial charge in [-0.05, 0) is 31.0 Å². The first-order valence-corrected chi connectivity index (χ1v) is 7.84. The number of aliphatic hydroxyl groups is 1. The standard InChI is InChI=1S/C16H19F3N4O/c1-2-23-15(20-10-21-23)9-22-8-13(24)7-14(22)11-4-3-5-12(6-11)16(17,18)19/h3-6,10,13-14,24H,2,7-9H2,1H3/t13-,14-/m1/s1. The Balaban J connectivity index is 1.86. The summed E-state index contributed by atoms with van der Waals surface area (Å²) in [6, 6.07) is 5.04. The van der Waals surface area contributed by atoms with Gasteiger partial charge in [0.25, 0.3) is 0 Å². The van der Waals surface area contributed by atoms with Gasteiger partial charge in [0, 0.05) is 19.1 Å². The molecule has 130 valence electrons. The van der Waals surface area contributed by atoms with E-state index in [0.717, 1.165) is 11.9 Å². The van der Waals surface area contributed by atoms with Gasteiger partial charge in [0.05, 0.1) is 18.2 Å². The molecule has 1 saturated heterocycles. The second-order valence-corrected chi connectivity index (χ2v) is 5.95. The first kappa shape index (κ1) is 16.9. The fourth-order valence-electron chi connectivity index (χ4n) is 3.18. The number of hydrogen-bond donors (Lipinski definition) is 1. The van der Waals surface area contributed by atoms with Crippen molar-refractivity contribution in [2.75, 3.05) is 6.54 Å². The van der Waals surface area contributed by atoms with Crippen molar-refractivity contribution in [1.82, 2.24) is 19.7 Å². The smallest absolute Gasteiger partial charge is 0.392 e. The number of β-amino-alcohol motifs (C(OH)–C–C–N with tert-alkyl or cyclic N) is 1. The summed E-state index contributed by atoms with van der Waals surface area (Å²) in [5.74, 6) is 0.739. The molecule has 2 heterocycles. The maximum absolute atomic E-state index is 12.9. The van der Waals surface area contributed by atoms with Crippen LogP contribution in [0.5, 0.6) is 0 Å². The van der Waals surface area contributed by atoms with Crippen LogP contribution in [0.15, 0.2) is 30.6 Å². The molecule has 1 fully saturated rings. The predicted octanol–water partition coefficient (Wildman–Crippen LogP) is 2.62. The van der Waals surface area contributed by atoms with Gasteiger partial charge in [-0.15, -0.1) is 0 Å². The third-order valence-corrected chi connectivity index (χ3v) is 4.32. The maximum Gasteiger partial charge on any atom is 0.416 e. The van der Waals surface area contributed by atoms with Crippen molar-refractivity contribution in [3.63, 3.8) is 0 Å². The molecule has 3 rings (SSSR count). The Kier molecular flexibility index (Phi) is 4.60. The summed E-state index contributed by atoms with van der Waals surface area (Å²) < 4.78 is 40.6. The number of rotatable bonds is 4. The fraction of sp³-hybridized carbons (Fsp3) is 0.500. The minimum absolute atomic E-state index is 0.274. The highest BCUT2D eigenvalue weighted by molar-refractivity contribution is 5.29. The van der Waals surface area contributed by atoms with E-state index in [1.165, 1.54) is 18.5 Å². The molecule has 1 aliphatic rings. The zero-order valence-electron chi connectivity index (χ0n) is 13.2. The van der Waals surface area contributed by atoms with Crippen LogP contribution in [0.25, 0.3) is 0 Å². The van der Waals surface area contributed by atoms with Gasteiger partial charge >= 0.3 is 6.18 Å². The lowest BCUT2D eigenvalue weighted by molar-refractivity contribution is -0.137. The second-order valence-electron chi connectivity index (χ2n) is 5.95. The molecule has 0 amide bonds. The molecule has 24 heavy (non-hydrogen) atoms. The number of benzene rings is 1. The highest BCUT2D eigenvalue weighted by atomic mass is 19.4. The Labute approximate surface area is 137 Å². The topological polar surface area (TPSA) is 54.2 Å². The van der Waals surface area contributed by atoms with Crippen LogP contribution in [-0.2, 0) is 19.3 Å². The van der Waals surface area contributed by atoms with Gasteiger partial charge in [-0.1, -0.05) is 12.1 Å². The van der Waals surface area contributed by atoms with Crippen LogP contribution in [0, 0.1) is 0 Å². The fourth-order valence-corrected chi connectivity index (χ4v) is 3.18. The van der Waals surface area contributed by atoms with Gasteiger partial charge in [-0.2, -0.15) is 18.3 Å². The number of nitrogens with zero attached hydrogens (tertiary/aromatic N) is 4. The normalized spacial score (nSPS) is 22.2. The van der Waals surface area contributed by atoms with Crippen molar-refractivity contribution in [2.45, 2.75) is 44.8 Å². The summed E-state index contributed by atoms with van der Waals surface area (Å²) in [4.78, 5) is 6.16. The molecule has 1 aliphatic heterocycles. The van der Waals surface area contributed by atoms with Gasteiger partial charge < -0.3 is 5.11 Å². The molecule has 1 N–H and O–H groups in total. The van der Waals surface area contributed by atoms with Gasteiger partial charge in [0.2, 0.25) is 0 Å². The van der Waals surface area contributed by atoms with Crippen LogP contribution in [-0.4, -0.2) is 37.4 Å². The summed E-state index contributed by atoms with van der Waals surface area (Å²) >= 11 is 0. The van der Waals surface area contributed by atoms with Crippen molar-refractivity contribution < 1.29 is 18.3 Å². The lowest BCUT2D eigenvalue weighted by atomic mass is 10.0. The van der Waals surface area contributed by atoms with E-state index in [1.807, 2.05) is 11.8 Å². The zero-order valence-corrected chi connectivity index (χ0v) is 13.2. The van der Waals surface area contributed by atoms with E-state index in [-0.39, 0.29) is 6.04 Å². The Bertz CT molecular complexity index is 701. The van der Waals surface area contributed by atoms with Crippen molar-refractivity contribution >= 4 is 0 Å². The van der Waals surface area contributed by atoms with Crippen molar-refractivity contribution in [2.24, 2.45) is 0 Å². The highest BCUT2D eigenvalue weighted by Gasteiger charge is 2.35. The first-order valence-electron chi connectivity index (χ1n) is 7.84. The van der Waals surface area contributed by atoms with Crippen molar-refractivity contribution in [3.05, 3.63) is 47.5 Å². The molecule has 0 saturated carbocycles. The molecule has 1 aromatic carbocycles. The van der Waals surface area contributed by atoms with Crippen LogP contribution in [0.2, 0.25) is 0 Å². The summed E-state index contributed by atoms with van der Waals surface area (Å²) in [5, 5.41) is 14.1. The minimum Gasteiger partial charge on any atom is -0.392 e. The number of alkyl halides is 3. The van der Waals surface area contributed by atoms with Gasteiger partial charge in [0.15, 0.2) is 0 Å². The van der Waals surface area contributed by atoms with Gasteiger partial charge in [-0.3, -0.25) is 4.90 Å². The number of hydrogen-bond acceptors (Lipinski definition) is 4. The summed E-state index contributed by atoms with van der Waals surface area (Å²) in [6.07, 6.45) is -3.07. The SMILES string of the molecule is CCn1ncnc1CN1C[C@H](O)C[C@@H]1c1cccc(C(F)(F)F)c1. The van der Waals surface area contributed by atoms with E-state index in [4.69, 9.17) is 0 Å².